The predicted molar refractivity (Wildman–Crippen MR) is 100.0 cm³/mol. The summed E-state index contributed by atoms with van der Waals surface area (Å²) in [5.41, 5.74) is 3.90. The van der Waals surface area contributed by atoms with Crippen LogP contribution in [0.25, 0.3) is 0 Å². The van der Waals surface area contributed by atoms with Gasteiger partial charge in [-0.2, -0.15) is 0 Å². The highest BCUT2D eigenvalue weighted by Gasteiger charge is 2.09. The first-order chi connectivity index (χ1) is 12.2. The topological polar surface area (TPSA) is 66.9 Å². The Balaban J connectivity index is 1.52. The van der Waals surface area contributed by atoms with Gasteiger partial charge in [0.1, 0.15) is 0 Å². The van der Waals surface area contributed by atoms with Crippen LogP contribution in [0.4, 0.5) is 11.5 Å². The number of allylic oxidation sites excluding steroid dienone is 1. The van der Waals surface area contributed by atoms with Gasteiger partial charge in [0.05, 0.1) is 0 Å². The first kappa shape index (κ1) is 17.1. The molecule has 0 bridgehead atoms. The number of carbonyl (C=O) groups excluding carboxylic acids is 1. The Morgan fingerprint density at radius 2 is 2.00 bits per heavy atom. The quantitative estimate of drug-likeness (QED) is 0.778. The van der Waals surface area contributed by atoms with E-state index in [0.717, 1.165) is 24.1 Å². The van der Waals surface area contributed by atoms with Crippen LogP contribution in [0.5, 0.6) is 0 Å². The predicted octanol–water partition coefficient (Wildman–Crippen LogP) is 4.15. The molecule has 1 aromatic carbocycles. The summed E-state index contributed by atoms with van der Waals surface area (Å²) in [4.78, 5) is 12.2. The molecule has 2 aromatic rings. The maximum atomic E-state index is 12.2. The summed E-state index contributed by atoms with van der Waals surface area (Å²) in [5.74, 6) is 0.449. The van der Waals surface area contributed by atoms with Crippen LogP contribution in [-0.4, -0.2) is 22.6 Å². The van der Waals surface area contributed by atoms with Crippen molar-refractivity contribution in [1.29, 1.82) is 0 Å². The monoisotopic (exact) mass is 336 g/mol. The Morgan fingerprint density at radius 3 is 2.72 bits per heavy atom. The molecule has 0 atom stereocenters. The molecule has 1 amide bonds. The minimum absolute atomic E-state index is 0.175. The molecule has 1 heterocycles. The zero-order chi connectivity index (χ0) is 17.5. The second-order valence-electron chi connectivity index (χ2n) is 6.36. The van der Waals surface area contributed by atoms with E-state index in [-0.39, 0.29) is 5.91 Å². The maximum absolute atomic E-state index is 12.2. The fourth-order valence-corrected chi connectivity index (χ4v) is 2.93. The van der Waals surface area contributed by atoms with E-state index in [1.165, 1.54) is 24.8 Å². The summed E-state index contributed by atoms with van der Waals surface area (Å²) in [6.07, 6.45) is 8.11. The average molecular weight is 336 g/mol. The third-order valence-corrected chi connectivity index (χ3v) is 4.42. The lowest BCUT2D eigenvalue weighted by Gasteiger charge is -2.12. The SMILES string of the molecule is Cc1ccccc1Nc1ccc(C(=O)NCCC2=CCCCC2)nn1. The van der Waals surface area contributed by atoms with Crippen LogP contribution in [0, 0.1) is 6.92 Å². The minimum Gasteiger partial charge on any atom is -0.350 e. The minimum atomic E-state index is -0.175. The number of rotatable bonds is 6. The van der Waals surface area contributed by atoms with E-state index in [1.807, 2.05) is 31.2 Å². The maximum Gasteiger partial charge on any atom is 0.271 e. The normalized spacial score (nSPS) is 13.9. The summed E-state index contributed by atoms with van der Waals surface area (Å²) in [6, 6.07) is 11.4. The molecular formula is C20H24N4O. The highest BCUT2D eigenvalue weighted by molar-refractivity contribution is 5.92. The van der Waals surface area contributed by atoms with E-state index in [1.54, 1.807) is 12.1 Å². The van der Waals surface area contributed by atoms with Crippen LogP contribution >= 0.6 is 0 Å². The van der Waals surface area contributed by atoms with Crippen LogP contribution in [0.15, 0.2) is 48.0 Å². The molecule has 0 saturated heterocycles. The summed E-state index contributed by atoms with van der Waals surface area (Å²) < 4.78 is 0. The molecule has 0 saturated carbocycles. The van der Waals surface area contributed by atoms with Crippen LogP contribution in [-0.2, 0) is 0 Å². The zero-order valence-electron chi connectivity index (χ0n) is 14.6. The summed E-state index contributed by atoms with van der Waals surface area (Å²) in [6.45, 7) is 2.68. The lowest BCUT2D eigenvalue weighted by molar-refractivity contribution is 0.0948. The van der Waals surface area contributed by atoms with Crippen molar-refractivity contribution in [3.05, 3.63) is 59.3 Å². The number of carbonyl (C=O) groups is 1. The molecule has 5 nitrogen and oxygen atoms in total. The van der Waals surface area contributed by atoms with Crippen molar-refractivity contribution in [2.75, 3.05) is 11.9 Å². The number of anilines is 2. The van der Waals surface area contributed by atoms with Crippen molar-refractivity contribution in [1.82, 2.24) is 15.5 Å². The molecule has 0 fully saturated rings. The van der Waals surface area contributed by atoms with Crippen molar-refractivity contribution < 1.29 is 4.79 Å². The van der Waals surface area contributed by atoms with E-state index < -0.39 is 0 Å². The second-order valence-corrected chi connectivity index (χ2v) is 6.36. The lowest BCUT2D eigenvalue weighted by Crippen LogP contribution is -2.26. The molecule has 1 aliphatic carbocycles. The van der Waals surface area contributed by atoms with Crippen LogP contribution in [0.2, 0.25) is 0 Å². The van der Waals surface area contributed by atoms with Crippen molar-refractivity contribution in [3.63, 3.8) is 0 Å². The number of aromatic nitrogens is 2. The molecule has 25 heavy (non-hydrogen) atoms. The molecule has 1 aromatic heterocycles. The van der Waals surface area contributed by atoms with Gasteiger partial charge in [-0.15, -0.1) is 10.2 Å². The highest BCUT2D eigenvalue weighted by atomic mass is 16.1. The largest absolute Gasteiger partial charge is 0.350 e. The van der Waals surface area contributed by atoms with Crippen LogP contribution < -0.4 is 10.6 Å². The van der Waals surface area contributed by atoms with Crippen molar-refractivity contribution in [3.8, 4) is 0 Å². The summed E-state index contributed by atoms with van der Waals surface area (Å²) in [5, 5.41) is 14.3. The molecule has 5 heteroatoms. The first-order valence-corrected chi connectivity index (χ1v) is 8.85. The van der Waals surface area contributed by atoms with Gasteiger partial charge in [0.15, 0.2) is 11.5 Å². The van der Waals surface area contributed by atoms with E-state index in [9.17, 15) is 4.79 Å². The molecule has 0 radical (unpaired) electrons. The number of para-hydroxylation sites is 1. The number of benzene rings is 1. The molecule has 0 unspecified atom stereocenters. The van der Waals surface area contributed by atoms with Crippen molar-refractivity contribution >= 4 is 17.4 Å². The van der Waals surface area contributed by atoms with Gasteiger partial charge in [0.25, 0.3) is 5.91 Å². The van der Waals surface area contributed by atoms with Gasteiger partial charge in [0.2, 0.25) is 0 Å². The van der Waals surface area contributed by atoms with Gasteiger partial charge in [0, 0.05) is 12.2 Å². The molecule has 0 aliphatic heterocycles. The molecule has 0 spiro atoms. The molecule has 1 aliphatic rings. The molecule has 2 N–H and O–H groups in total. The van der Waals surface area contributed by atoms with E-state index in [2.05, 4.69) is 26.9 Å². The first-order valence-electron chi connectivity index (χ1n) is 8.85. The van der Waals surface area contributed by atoms with Crippen molar-refractivity contribution in [2.45, 2.75) is 39.0 Å². The Labute approximate surface area is 148 Å². The number of nitrogens with one attached hydrogen (secondary N) is 2. The highest BCUT2D eigenvalue weighted by Crippen LogP contribution is 2.20. The van der Waals surface area contributed by atoms with Gasteiger partial charge in [-0.1, -0.05) is 29.8 Å². The molecule has 3 rings (SSSR count). The number of hydrogen-bond donors (Lipinski definition) is 2. The van der Waals surface area contributed by atoms with Gasteiger partial charge < -0.3 is 10.6 Å². The zero-order valence-corrected chi connectivity index (χ0v) is 14.6. The third kappa shape index (κ3) is 4.89. The lowest BCUT2D eigenvalue weighted by atomic mass is 9.97. The van der Waals surface area contributed by atoms with Gasteiger partial charge >= 0.3 is 0 Å². The Hall–Kier alpha value is -2.69. The summed E-state index contributed by atoms with van der Waals surface area (Å²) >= 11 is 0. The van der Waals surface area contributed by atoms with E-state index in [4.69, 9.17) is 0 Å². The average Bonchev–Trinajstić information content (AvgIpc) is 2.65. The summed E-state index contributed by atoms with van der Waals surface area (Å²) in [7, 11) is 0. The Kier molecular flexibility index (Phi) is 5.77. The smallest absolute Gasteiger partial charge is 0.271 e. The van der Waals surface area contributed by atoms with Crippen LogP contribution in [0.1, 0.15) is 48.2 Å². The second kappa shape index (κ2) is 8.42. The molecular weight excluding hydrogens is 312 g/mol. The number of amides is 1. The fraction of sp³-hybridized carbons (Fsp3) is 0.350. The number of hydrogen-bond acceptors (Lipinski definition) is 4. The van der Waals surface area contributed by atoms with Gasteiger partial charge in [-0.05, 0) is 62.8 Å². The fourth-order valence-electron chi connectivity index (χ4n) is 2.93. The van der Waals surface area contributed by atoms with Crippen LogP contribution in [0.3, 0.4) is 0 Å². The van der Waals surface area contributed by atoms with Gasteiger partial charge in [-0.25, -0.2) is 0 Å². The Morgan fingerprint density at radius 1 is 1.12 bits per heavy atom. The third-order valence-electron chi connectivity index (χ3n) is 4.42. The number of aryl methyl sites for hydroxylation is 1. The standard InChI is InChI=1S/C20H24N4O/c1-15-7-5-6-10-17(15)22-19-12-11-18(23-24-19)20(25)21-14-13-16-8-3-2-4-9-16/h5-8,10-12H,2-4,9,13-14H2,1H3,(H,21,25)(H,22,24). The van der Waals surface area contributed by atoms with E-state index >= 15 is 0 Å². The Bertz CT molecular complexity index is 753. The number of nitrogens with zero attached hydrogens (tertiary/aromatic N) is 2. The molecule has 130 valence electrons. The van der Waals surface area contributed by atoms with Crippen molar-refractivity contribution in [2.24, 2.45) is 0 Å². The van der Waals surface area contributed by atoms with Gasteiger partial charge in [-0.3, -0.25) is 4.79 Å². The van der Waals surface area contributed by atoms with E-state index in [0.29, 0.717) is 18.1 Å².